The second-order valence-corrected chi connectivity index (χ2v) is 8.10. The van der Waals surface area contributed by atoms with Gasteiger partial charge in [0, 0.05) is 19.8 Å². The Morgan fingerprint density at radius 1 is 0.926 bits per heavy atom. The number of carbonyl (C=O) groups excluding carboxylic acids is 1. The monoisotopic (exact) mass is 461 g/mol. The van der Waals surface area contributed by atoms with Crippen LogP contribution in [0.3, 0.4) is 0 Å². The van der Waals surface area contributed by atoms with Gasteiger partial charge in [0.1, 0.15) is 0 Å². The van der Waals surface area contributed by atoms with E-state index in [1.165, 1.54) is 0 Å². The summed E-state index contributed by atoms with van der Waals surface area (Å²) in [6, 6.07) is 0. The number of amides is 1. The molecule has 19 heteroatoms. The molecular weight excluding hydrogens is 453 g/mol. The quantitative estimate of drug-likeness (QED) is 0.613. The van der Waals surface area contributed by atoms with Crippen molar-refractivity contribution in [2.24, 2.45) is 0 Å². The number of rotatable bonds is 2. The fourth-order valence-electron chi connectivity index (χ4n) is 1.08. The molecular formula is C8H8F9N3O5S2. The number of sulfonamides is 2. The third-order valence-corrected chi connectivity index (χ3v) is 5.77. The number of nitrogens with one attached hydrogen (secondary N) is 1. The van der Waals surface area contributed by atoms with Gasteiger partial charge in [0.05, 0.1) is 0 Å². The van der Waals surface area contributed by atoms with E-state index in [0.717, 1.165) is 6.54 Å². The van der Waals surface area contributed by atoms with Crippen LogP contribution < -0.4 is 5.43 Å². The molecule has 0 aromatic rings. The summed E-state index contributed by atoms with van der Waals surface area (Å²) < 4.78 is 146. The van der Waals surface area contributed by atoms with Gasteiger partial charge in [-0.2, -0.15) is 56.3 Å². The molecule has 0 unspecified atom stereocenters. The van der Waals surface area contributed by atoms with E-state index >= 15 is 0 Å². The smallest absolute Gasteiger partial charge is 0.326 e. The first-order chi connectivity index (χ1) is 11.7. The minimum atomic E-state index is -7.81. The molecule has 8 nitrogen and oxygen atoms in total. The zero-order valence-corrected chi connectivity index (χ0v) is 14.1. The zero-order valence-electron chi connectivity index (χ0n) is 12.5. The van der Waals surface area contributed by atoms with Crippen molar-refractivity contribution in [3.05, 3.63) is 12.3 Å². The summed E-state index contributed by atoms with van der Waals surface area (Å²) in [7, 11) is -13.6. The molecule has 1 amide bonds. The number of halogens is 9. The highest BCUT2D eigenvalue weighted by molar-refractivity contribution is 8.05. The molecule has 0 spiro atoms. The Bertz CT molecular complexity index is 730. The number of hydrogen-bond acceptors (Lipinski definition) is 7. The van der Waals surface area contributed by atoms with Crippen LogP contribution in [0.5, 0.6) is 0 Å². The van der Waals surface area contributed by atoms with Crippen LogP contribution in [0.2, 0.25) is 0 Å². The van der Waals surface area contributed by atoms with Gasteiger partial charge in [0.25, 0.3) is 0 Å². The standard InChI is InChI=1S/C4F9NO5S2.C4H8N2/c5-2(6,7)1(15)14(20(16,17)3(8,9)10)21(18,19)4(11,12)13;1-6-4-2-3-5-6/h;2-3,5H,4H2,1H3. The van der Waals surface area contributed by atoms with Crippen LogP contribution in [0.4, 0.5) is 39.5 Å². The van der Waals surface area contributed by atoms with Gasteiger partial charge >= 0.3 is 43.1 Å². The van der Waals surface area contributed by atoms with Crippen molar-refractivity contribution in [2.75, 3.05) is 13.6 Å². The van der Waals surface area contributed by atoms with E-state index in [1.807, 2.05) is 18.3 Å². The molecule has 0 aromatic carbocycles. The van der Waals surface area contributed by atoms with E-state index in [-0.39, 0.29) is 0 Å². The Morgan fingerprint density at radius 3 is 1.44 bits per heavy atom. The van der Waals surface area contributed by atoms with Gasteiger partial charge in [0.15, 0.2) is 0 Å². The molecule has 0 aliphatic carbocycles. The van der Waals surface area contributed by atoms with E-state index in [4.69, 9.17) is 0 Å². The summed E-state index contributed by atoms with van der Waals surface area (Å²) >= 11 is 0. The summed E-state index contributed by atoms with van der Waals surface area (Å²) in [6.07, 6.45) is -2.64. The molecule has 0 saturated carbocycles. The van der Waals surface area contributed by atoms with Crippen molar-refractivity contribution < 1.29 is 61.1 Å². The minimum Gasteiger partial charge on any atom is -0.326 e. The largest absolute Gasteiger partial charge is 0.517 e. The fourth-order valence-corrected chi connectivity index (χ4v) is 3.64. The van der Waals surface area contributed by atoms with Crippen molar-refractivity contribution in [3.8, 4) is 0 Å². The molecule has 0 aromatic heterocycles. The Morgan fingerprint density at radius 2 is 1.30 bits per heavy atom. The van der Waals surface area contributed by atoms with Crippen LogP contribution in [0.1, 0.15) is 0 Å². The first-order valence-corrected chi connectivity index (χ1v) is 8.72. The van der Waals surface area contributed by atoms with Crippen LogP contribution in [0.15, 0.2) is 12.3 Å². The Labute approximate surface area is 145 Å². The van der Waals surface area contributed by atoms with Crippen molar-refractivity contribution in [2.45, 2.75) is 17.2 Å². The molecule has 1 rings (SSSR count). The van der Waals surface area contributed by atoms with E-state index in [9.17, 15) is 61.1 Å². The van der Waals surface area contributed by atoms with E-state index in [0.29, 0.717) is 0 Å². The molecule has 27 heavy (non-hydrogen) atoms. The molecule has 1 N–H and O–H groups in total. The number of likely N-dealkylation sites (N-methyl/N-ethyl adjacent to an activating group) is 1. The summed E-state index contributed by atoms with van der Waals surface area (Å²) in [5.41, 5.74) is -10.8. The lowest BCUT2D eigenvalue weighted by Gasteiger charge is -2.24. The Balaban J connectivity index is 0.000000941. The molecule has 160 valence electrons. The Hall–Kier alpha value is -1.76. The van der Waals surface area contributed by atoms with Gasteiger partial charge in [0.2, 0.25) is 0 Å². The summed E-state index contributed by atoms with van der Waals surface area (Å²) in [5, 5.41) is 2.00. The lowest BCUT2D eigenvalue weighted by atomic mass is 10.6. The number of hydrogen-bond donors (Lipinski definition) is 1. The SMILES string of the molecule is CN1CC=CN1.O=C(N(S(=O)(=O)C(F)(F)F)S(=O)(=O)C(F)(F)F)C(F)(F)F. The molecule has 1 heterocycles. The third kappa shape index (κ3) is 5.86. The number of carbonyl (C=O) groups is 1. The maximum absolute atomic E-state index is 12.0. The van der Waals surface area contributed by atoms with Gasteiger partial charge in [-0.15, -0.1) is 3.71 Å². The molecule has 0 atom stereocenters. The summed E-state index contributed by atoms with van der Waals surface area (Å²) in [5.74, 6) is -4.39. The lowest BCUT2D eigenvalue weighted by molar-refractivity contribution is -0.177. The maximum Gasteiger partial charge on any atom is 0.517 e. The molecule has 0 saturated heterocycles. The predicted molar refractivity (Wildman–Crippen MR) is 67.8 cm³/mol. The minimum absolute atomic E-state index is 1.03. The highest BCUT2D eigenvalue weighted by Crippen LogP contribution is 2.37. The van der Waals surface area contributed by atoms with Gasteiger partial charge in [-0.25, -0.2) is 5.01 Å². The van der Waals surface area contributed by atoms with Crippen LogP contribution >= 0.6 is 0 Å². The third-order valence-electron chi connectivity index (χ3n) is 2.22. The molecule has 0 fully saturated rings. The predicted octanol–water partition coefficient (Wildman–Crippen LogP) is 1.03. The van der Waals surface area contributed by atoms with Crippen molar-refractivity contribution in [1.82, 2.24) is 14.1 Å². The van der Waals surface area contributed by atoms with Crippen LogP contribution in [-0.2, 0) is 24.8 Å². The van der Waals surface area contributed by atoms with Crippen LogP contribution in [0, 0.1) is 0 Å². The highest BCUT2D eigenvalue weighted by atomic mass is 32.3. The second kappa shape index (κ2) is 7.70. The normalized spacial score (nSPS) is 16.4. The van der Waals surface area contributed by atoms with Gasteiger partial charge in [-0.05, 0) is 0 Å². The summed E-state index contributed by atoms with van der Waals surface area (Å²) in [4.78, 5) is 10.4. The maximum atomic E-state index is 12.0. The van der Waals surface area contributed by atoms with Gasteiger partial charge in [-0.3, -0.25) is 4.79 Å². The van der Waals surface area contributed by atoms with E-state index in [1.54, 1.807) is 0 Å². The van der Waals surface area contributed by atoms with Crippen molar-refractivity contribution >= 4 is 26.0 Å². The van der Waals surface area contributed by atoms with Crippen molar-refractivity contribution in [1.29, 1.82) is 0 Å². The van der Waals surface area contributed by atoms with Gasteiger partial charge < -0.3 is 5.43 Å². The topological polar surface area (TPSA) is 104 Å². The molecule has 1 aliphatic rings. The highest BCUT2D eigenvalue weighted by Gasteiger charge is 2.67. The lowest BCUT2D eigenvalue weighted by Crippen LogP contribution is -2.55. The Kier molecular flexibility index (Phi) is 7.20. The molecule has 0 bridgehead atoms. The summed E-state index contributed by atoms with van der Waals surface area (Å²) in [6.45, 7) is 1.03. The second-order valence-electron chi connectivity index (χ2n) is 4.31. The van der Waals surface area contributed by atoms with Crippen LogP contribution in [0.25, 0.3) is 0 Å². The van der Waals surface area contributed by atoms with E-state index < -0.39 is 46.9 Å². The first kappa shape index (κ1) is 25.2. The molecule has 0 radical (unpaired) electrons. The average molecular weight is 461 g/mol. The van der Waals surface area contributed by atoms with Crippen LogP contribution in [-0.4, -0.2) is 62.2 Å². The number of hydrazine groups is 1. The molecule has 1 aliphatic heterocycles. The van der Waals surface area contributed by atoms with Crippen molar-refractivity contribution in [3.63, 3.8) is 0 Å². The number of alkyl halides is 9. The van der Waals surface area contributed by atoms with E-state index in [2.05, 4.69) is 11.5 Å². The average Bonchev–Trinajstić information content (AvgIpc) is 2.86. The van der Waals surface area contributed by atoms with Gasteiger partial charge in [-0.1, -0.05) is 6.08 Å². The zero-order chi connectivity index (χ0) is 22.1. The number of nitrogens with zero attached hydrogens (tertiary/aromatic N) is 2. The fraction of sp³-hybridized carbons (Fsp3) is 0.625. The first-order valence-electron chi connectivity index (χ1n) is 5.84.